The summed E-state index contributed by atoms with van der Waals surface area (Å²) in [5.41, 5.74) is 5.28. The summed E-state index contributed by atoms with van der Waals surface area (Å²) in [6.07, 6.45) is -0.949. The number of nitrogens with one attached hydrogen (secondary N) is 1. The SMILES string of the molecule is CCOP(=O)(CN[C@@H](OCCCN)C(=O)O)OCC. The molecule has 0 unspecified atom stereocenters. The van der Waals surface area contributed by atoms with E-state index in [4.69, 9.17) is 24.6 Å². The number of ether oxygens (including phenoxy) is 1. The van der Waals surface area contributed by atoms with Crippen LogP contribution in [-0.4, -0.2) is 50.0 Å². The molecule has 0 radical (unpaired) electrons. The van der Waals surface area contributed by atoms with Crippen LogP contribution in [0, 0.1) is 0 Å². The van der Waals surface area contributed by atoms with Gasteiger partial charge >= 0.3 is 13.6 Å². The molecule has 0 rings (SSSR count). The largest absolute Gasteiger partial charge is 0.478 e. The number of nitrogens with two attached hydrogens (primary N) is 1. The zero-order valence-electron chi connectivity index (χ0n) is 11.3. The van der Waals surface area contributed by atoms with E-state index in [1.165, 1.54) is 0 Å². The van der Waals surface area contributed by atoms with Crippen molar-refractivity contribution in [3.63, 3.8) is 0 Å². The van der Waals surface area contributed by atoms with Crippen LogP contribution >= 0.6 is 7.60 Å². The maximum absolute atomic E-state index is 12.1. The van der Waals surface area contributed by atoms with Gasteiger partial charge in [-0.3, -0.25) is 9.88 Å². The minimum atomic E-state index is -3.33. The third-order valence-corrected chi connectivity index (χ3v) is 3.85. The third-order valence-electron chi connectivity index (χ3n) is 1.98. The Morgan fingerprint density at radius 1 is 1.37 bits per heavy atom. The molecule has 0 aromatic carbocycles. The second-order valence-corrected chi connectivity index (χ2v) is 5.59. The second-order valence-electron chi connectivity index (χ2n) is 3.54. The molecule has 0 aliphatic heterocycles. The van der Waals surface area contributed by atoms with Crippen molar-refractivity contribution in [1.82, 2.24) is 5.32 Å². The molecule has 4 N–H and O–H groups in total. The lowest BCUT2D eigenvalue weighted by atomic mass is 10.4. The van der Waals surface area contributed by atoms with Crippen molar-refractivity contribution in [2.75, 3.05) is 32.7 Å². The summed E-state index contributed by atoms with van der Waals surface area (Å²) in [6.45, 7) is 4.39. The fourth-order valence-corrected chi connectivity index (χ4v) is 2.65. The number of aliphatic carboxylic acids is 1. The Bertz CT molecular complexity index is 292. The van der Waals surface area contributed by atoms with Crippen molar-refractivity contribution in [1.29, 1.82) is 0 Å². The standard InChI is InChI=1S/C10H23N2O6P/c1-3-17-19(15,18-4-2)8-12-9(10(13)14)16-7-5-6-11/h9,12H,3-8,11H2,1-2H3,(H,13,14)/t9-/m0/s1. The predicted octanol–water partition coefficient (Wildman–Crippen LogP) is 0.576. The van der Waals surface area contributed by atoms with Crippen LogP contribution in [0.3, 0.4) is 0 Å². The number of hydrogen-bond acceptors (Lipinski definition) is 7. The molecule has 0 saturated carbocycles. The van der Waals surface area contributed by atoms with Crippen LogP contribution in [0.15, 0.2) is 0 Å². The van der Waals surface area contributed by atoms with Crippen molar-refractivity contribution in [2.45, 2.75) is 26.5 Å². The van der Waals surface area contributed by atoms with Gasteiger partial charge in [-0.1, -0.05) is 0 Å². The van der Waals surface area contributed by atoms with Gasteiger partial charge in [-0.25, -0.2) is 4.79 Å². The van der Waals surface area contributed by atoms with Gasteiger partial charge in [-0.05, 0) is 26.8 Å². The van der Waals surface area contributed by atoms with E-state index in [9.17, 15) is 9.36 Å². The molecule has 0 spiro atoms. The molecule has 1 atom stereocenters. The van der Waals surface area contributed by atoms with E-state index in [1.807, 2.05) is 0 Å². The van der Waals surface area contributed by atoms with Crippen LogP contribution in [0.4, 0.5) is 0 Å². The van der Waals surface area contributed by atoms with Gasteiger partial charge in [0.15, 0.2) is 0 Å². The molecule has 0 saturated heterocycles. The first kappa shape index (κ1) is 18.5. The van der Waals surface area contributed by atoms with Crippen LogP contribution in [0.5, 0.6) is 0 Å². The monoisotopic (exact) mass is 298 g/mol. The molecule has 0 aliphatic rings. The topological polar surface area (TPSA) is 120 Å². The summed E-state index contributed by atoms with van der Waals surface area (Å²) in [5.74, 6) is -1.20. The van der Waals surface area contributed by atoms with Crippen molar-refractivity contribution in [3.05, 3.63) is 0 Å². The zero-order valence-corrected chi connectivity index (χ0v) is 12.2. The summed E-state index contributed by atoms with van der Waals surface area (Å²) < 4.78 is 27.2. The van der Waals surface area contributed by atoms with Gasteiger partial charge in [0.25, 0.3) is 0 Å². The van der Waals surface area contributed by atoms with E-state index in [-0.39, 0.29) is 26.1 Å². The van der Waals surface area contributed by atoms with E-state index in [0.29, 0.717) is 13.0 Å². The first-order chi connectivity index (χ1) is 8.99. The predicted molar refractivity (Wildman–Crippen MR) is 69.9 cm³/mol. The van der Waals surface area contributed by atoms with E-state index >= 15 is 0 Å². The van der Waals surface area contributed by atoms with Gasteiger partial charge < -0.3 is 24.6 Å². The lowest BCUT2D eigenvalue weighted by Crippen LogP contribution is -2.40. The average molecular weight is 298 g/mol. The Balaban J connectivity index is 4.33. The van der Waals surface area contributed by atoms with Gasteiger partial charge in [0.2, 0.25) is 6.23 Å². The normalized spacial score (nSPS) is 13.4. The van der Waals surface area contributed by atoms with Crippen molar-refractivity contribution in [2.24, 2.45) is 5.73 Å². The highest BCUT2D eigenvalue weighted by Gasteiger charge is 2.27. The van der Waals surface area contributed by atoms with Gasteiger partial charge in [0.1, 0.15) is 6.29 Å². The molecule has 114 valence electrons. The first-order valence-electron chi connectivity index (χ1n) is 6.15. The van der Waals surface area contributed by atoms with Crippen LogP contribution < -0.4 is 11.1 Å². The Morgan fingerprint density at radius 3 is 2.37 bits per heavy atom. The number of carboxylic acids is 1. The highest BCUT2D eigenvalue weighted by molar-refractivity contribution is 7.53. The summed E-state index contributed by atoms with van der Waals surface area (Å²) >= 11 is 0. The Kier molecular flexibility index (Phi) is 10.0. The molecule has 0 heterocycles. The number of rotatable bonds is 12. The maximum atomic E-state index is 12.1. The third kappa shape index (κ3) is 8.30. The van der Waals surface area contributed by atoms with Gasteiger partial charge in [0, 0.05) is 0 Å². The van der Waals surface area contributed by atoms with Crippen LogP contribution in [0.2, 0.25) is 0 Å². The Labute approximate surface area is 113 Å². The summed E-state index contributed by atoms with van der Waals surface area (Å²) in [4.78, 5) is 10.9. The molecule has 19 heavy (non-hydrogen) atoms. The highest BCUT2D eigenvalue weighted by atomic mass is 31.2. The molecule has 0 amide bonds. The maximum Gasteiger partial charge on any atom is 0.348 e. The molecule has 0 aliphatic carbocycles. The fourth-order valence-electron chi connectivity index (χ4n) is 1.22. The Hall–Kier alpha value is -0.500. The number of hydrogen-bond donors (Lipinski definition) is 3. The fraction of sp³-hybridized carbons (Fsp3) is 0.900. The number of carbonyl (C=O) groups is 1. The zero-order chi connectivity index (χ0) is 14.7. The molecule has 0 fully saturated rings. The molecule has 0 aromatic heterocycles. The van der Waals surface area contributed by atoms with E-state index in [0.717, 1.165) is 0 Å². The van der Waals surface area contributed by atoms with E-state index < -0.39 is 19.8 Å². The second kappa shape index (κ2) is 10.3. The van der Waals surface area contributed by atoms with Gasteiger partial charge in [-0.15, -0.1) is 0 Å². The molecule has 8 nitrogen and oxygen atoms in total. The molecule has 9 heteroatoms. The summed E-state index contributed by atoms with van der Waals surface area (Å²) in [6, 6.07) is 0. The number of carboxylic acid groups (broad SMARTS) is 1. The Morgan fingerprint density at radius 2 is 1.95 bits per heavy atom. The van der Waals surface area contributed by atoms with Crippen molar-refractivity contribution < 1.29 is 28.3 Å². The van der Waals surface area contributed by atoms with Crippen molar-refractivity contribution in [3.8, 4) is 0 Å². The van der Waals surface area contributed by atoms with Crippen LogP contribution in [0.25, 0.3) is 0 Å². The van der Waals surface area contributed by atoms with E-state index in [2.05, 4.69) is 5.32 Å². The van der Waals surface area contributed by atoms with Crippen molar-refractivity contribution >= 4 is 13.6 Å². The molecule has 0 bridgehead atoms. The summed E-state index contributed by atoms with van der Waals surface area (Å²) in [7, 11) is -3.33. The lowest BCUT2D eigenvalue weighted by Gasteiger charge is -2.20. The first-order valence-corrected chi connectivity index (χ1v) is 7.87. The average Bonchev–Trinajstić information content (AvgIpc) is 2.33. The van der Waals surface area contributed by atoms with E-state index in [1.54, 1.807) is 13.8 Å². The smallest absolute Gasteiger partial charge is 0.348 e. The molecule has 0 aromatic rings. The summed E-state index contributed by atoms with van der Waals surface area (Å²) in [5, 5.41) is 11.5. The van der Waals surface area contributed by atoms with Gasteiger partial charge in [0.05, 0.1) is 19.8 Å². The minimum absolute atomic E-state index is 0.202. The minimum Gasteiger partial charge on any atom is -0.478 e. The molecular formula is C10H23N2O6P. The highest BCUT2D eigenvalue weighted by Crippen LogP contribution is 2.46. The van der Waals surface area contributed by atoms with Gasteiger partial charge in [-0.2, -0.15) is 0 Å². The van der Waals surface area contributed by atoms with Crippen LogP contribution in [-0.2, 0) is 23.1 Å². The van der Waals surface area contributed by atoms with Crippen LogP contribution in [0.1, 0.15) is 20.3 Å². The lowest BCUT2D eigenvalue weighted by molar-refractivity contribution is -0.152. The quantitative estimate of drug-likeness (QED) is 0.272. The molecular weight excluding hydrogens is 275 g/mol.